The van der Waals surface area contributed by atoms with Gasteiger partial charge in [0.1, 0.15) is 0 Å². The van der Waals surface area contributed by atoms with Gasteiger partial charge in [0, 0.05) is 37.3 Å². The van der Waals surface area contributed by atoms with E-state index < -0.39 is 5.91 Å². The van der Waals surface area contributed by atoms with E-state index in [0.29, 0.717) is 30.8 Å². The average Bonchev–Trinajstić information content (AvgIpc) is 2.73. The van der Waals surface area contributed by atoms with Crippen molar-refractivity contribution < 1.29 is 14.7 Å². The van der Waals surface area contributed by atoms with E-state index in [1.165, 1.54) is 0 Å². The van der Waals surface area contributed by atoms with Crippen molar-refractivity contribution in [2.75, 3.05) is 39.3 Å². The van der Waals surface area contributed by atoms with E-state index in [9.17, 15) is 9.59 Å². The third kappa shape index (κ3) is 4.03. The zero-order valence-corrected chi connectivity index (χ0v) is 12.0. The van der Waals surface area contributed by atoms with Crippen molar-refractivity contribution in [2.45, 2.75) is 6.42 Å². The number of β-amino-alcohol motifs (C(OH)–C–C–N with tert-alkyl or cyclic N) is 1. The van der Waals surface area contributed by atoms with Gasteiger partial charge in [-0.15, -0.1) is 0 Å². The number of aliphatic hydroxyl groups is 1. The predicted octanol–water partition coefficient (Wildman–Crippen LogP) is -0.0743. The molecule has 0 spiro atoms. The van der Waals surface area contributed by atoms with Gasteiger partial charge in [0.25, 0.3) is 5.91 Å². The molecule has 1 saturated heterocycles. The van der Waals surface area contributed by atoms with Crippen LogP contribution in [0.2, 0.25) is 0 Å². The molecule has 1 aromatic rings. The highest BCUT2D eigenvalue weighted by Gasteiger charge is 2.20. The fourth-order valence-electron chi connectivity index (χ4n) is 2.50. The molecule has 1 fully saturated rings. The van der Waals surface area contributed by atoms with Crippen LogP contribution >= 0.6 is 0 Å². The van der Waals surface area contributed by atoms with Crippen LogP contribution in [0.3, 0.4) is 0 Å². The molecular formula is C15H21N3O3. The predicted molar refractivity (Wildman–Crippen MR) is 79.0 cm³/mol. The van der Waals surface area contributed by atoms with Crippen molar-refractivity contribution in [3.63, 3.8) is 0 Å². The lowest BCUT2D eigenvalue weighted by atomic mass is 10.1. The molecule has 114 valence electrons. The number of aliphatic hydroxyl groups excluding tert-OH is 1. The molecule has 0 unspecified atom stereocenters. The normalized spacial score (nSPS) is 16.5. The number of nitrogens with zero attached hydrogens (tertiary/aromatic N) is 2. The number of carbonyl (C=O) groups excluding carboxylic acids is 2. The zero-order valence-electron chi connectivity index (χ0n) is 12.0. The number of nitrogens with two attached hydrogens (primary N) is 1. The molecule has 6 heteroatoms. The van der Waals surface area contributed by atoms with Crippen LogP contribution in [-0.4, -0.2) is 66.1 Å². The zero-order chi connectivity index (χ0) is 15.2. The summed E-state index contributed by atoms with van der Waals surface area (Å²) >= 11 is 0. The van der Waals surface area contributed by atoms with E-state index in [4.69, 9.17) is 10.8 Å². The minimum absolute atomic E-state index is 0.0307. The van der Waals surface area contributed by atoms with Gasteiger partial charge in [-0.05, 0) is 37.2 Å². The van der Waals surface area contributed by atoms with Crippen molar-refractivity contribution in [1.29, 1.82) is 0 Å². The molecule has 1 aliphatic heterocycles. The Morgan fingerprint density at radius 1 is 1.05 bits per heavy atom. The highest BCUT2D eigenvalue weighted by Crippen LogP contribution is 2.10. The molecule has 1 aliphatic rings. The van der Waals surface area contributed by atoms with Crippen molar-refractivity contribution in [3.05, 3.63) is 35.4 Å². The Balaban J connectivity index is 2.00. The highest BCUT2D eigenvalue weighted by atomic mass is 16.3. The standard InChI is InChI=1S/C15H21N3O3/c16-14(20)12-2-4-13(5-3-12)15(21)18-7-1-6-17(8-9-18)10-11-19/h2-5,19H,1,6-11H2,(H2,16,20). The van der Waals surface area contributed by atoms with Crippen molar-refractivity contribution in [1.82, 2.24) is 9.80 Å². The summed E-state index contributed by atoms with van der Waals surface area (Å²) in [6.07, 6.45) is 0.894. The molecule has 6 nitrogen and oxygen atoms in total. The third-order valence-electron chi connectivity index (χ3n) is 3.71. The molecule has 1 heterocycles. The van der Waals surface area contributed by atoms with Gasteiger partial charge < -0.3 is 15.7 Å². The number of hydrogen-bond acceptors (Lipinski definition) is 4. The SMILES string of the molecule is NC(=O)c1ccc(C(=O)N2CCCN(CCO)CC2)cc1. The van der Waals surface area contributed by atoms with Crippen LogP contribution in [0, 0.1) is 0 Å². The van der Waals surface area contributed by atoms with Crippen LogP contribution in [0.4, 0.5) is 0 Å². The lowest BCUT2D eigenvalue weighted by Gasteiger charge is -2.21. The molecule has 0 aliphatic carbocycles. The van der Waals surface area contributed by atoms with Crippen molar-refractivity contribution in [2.24, 2.45) is 5.73 Å². The first-order chi connectivity index (χ1) is 10.1. The summed E-state index contributed by atoms with van der Waals surface area (Å²) < 4.78 is 0. The number of amides is 2. The average molecular weight is 291 g/mol. The Labute approximate surface area is 124 Å². The topological polar surface area (TPSA) is 86.9 Å². The molecule has 3 N–H and O–H groups in total. The van der Waals surface area contributed by atoms with Crippen LogP contribution in [0.5, 0.6) is 0 Å². The van der Waals surface area contributed by atoms with E-state index in [0.717, 1.165) is 19.5 Å². The number of carbonyl (C=O) groups is 2. The molecular weight excluding hydrogens is 270 g/mol. The molecule has 1 aromatic carbocycles. The minimum atomic E-state index is -0.497. The Morgan fingerprint density at radius 3 is 2.33 bits per heavy atom. The first-order valence-electron chi connectivity index (χ1n) is 7.14. The molecule has 0 saturated carbocycles. The van der Waals surface area contributed by atoms with Crippen LogP contribution in [0.1, 0.15) is 27.1 Å². The summed E-state index contributed by atoms with van der Waals surface area (Å²) in [6, 6.07) is 6.43. The van der Waals surface area contributed by atoms with E-state index >= 15 is 0 Å². The Kier molecular flexibility index (Phi) is 5.30. The fraction of sp³-hybridized carbons (Fsp3) is 0.467. The largest absolute Gasteiger partial charge is 0.395 e. The number of hydrogen-bond donors (Lipinski definition) is 2. The van der Waals surface area contributed by atoms with Crippen LogP contribution in [0.25, 0.3) is 0 Å². The fourth-order valence-corrected chi connectivity index (χ4v) is 2.50. The number of primary amides is 1. The molecule has 0 aromatic heterocycles. The smallest absolute Gasteiger partial charge is 0.253 e. The third-order valence-corrected chi connectivity index (χ3v) is 3.71. The highest BCUT2D eigenvalue weighted by molar-refractivity contribution is 5.97. The summed E-state index contributed by atoms with van der Waals surface area (Å²) in [5.41, 5.74) is 6.15. The molecule has 0 bridgehead atoms. The Hall–Kier alpha value is -1.92. The van der Waals surface area contributed by atoms with E-state index in [-0.39, 0.29) is 12.5 Å². The van der Waals surface area contributed by atoms with Gasteiger partial charge in [-0.25, -0.2) is 0 Å². The first kappa shape index (κ1) is 15.5. The summed E-state index contributed by atoms with van der Waals surface area (Å²) in [6.45, 7) is 3.81. The van der Waals surface area contributed by atoms with Gasteiger partial charge in [0.2, 0.25) is 5.91 Å². The van der Waals surface area contributed by atoms with E-state index in [2.05, 4.69) is 4.90 Å². The van der Waals surface area contributed by atoms with Crippen LogP contribution in [-0.2, 0) is 0 Å². The summed E-state index contributed by atoms with van der Waals surface area (Å²) in [5, 5.41) is 8.97. The van der Waals surface area contributed by atoms with Gasteiger partial charge in [-0.2, -0.15) is 0 Å². The van der Waals surface area contributed by atoms with E-state index in [1.807, 2.05) is 4.90 Å². The monoisotopic (exact) mass is 291 g/mol. The second-order valence-electron chi connectivity index (χ2n) is 5.15. The Bertz CT molecular complexity index is 501. The maximum absolute atomic E-state index is 12.4. The van der Waals surface area contributed by atoms with Gasteiger partial charge >= 0.3 is 0 Å². The summed E-state index contributed by atoms with van der Waals surface area (Å²) in [4.78, 5) is 27.4. The van der Waals surface area contributed by atoms with Crippen molar-refractivity contribution >= 4 is 11.8 Å². The maximum Gasteiger partial charge on any atom is 0.253 e. The molecule has 0 atom stereocenters. The number of rotatable bonds is 4. The molecule has 0 radical (unpaired) electrons. The van der Waals surface area contributed by atoms with Gasteiger partial charge in [0.15, 0.2) is 0 Å². The second kappa shape index (κ2) is 7.19. The summed E-state index contributed by atoms with van der Waals surface area (Å²) in [7, 11) is 0. The summed E-state index contributed by atoms with van der Waals surface area (Å²) in [5.74, 6) is -0.528. The lowest BCUT2D eigenvalue weighted by molar-refractivity contribution is 0.0760. The quantitative estimate of drug-likeness (QED) is 0.812. The second-order valence-corrected chi connectivity index (χ2v) is 5.15. The van der Waals surface area contributed by atoms with Gasteiger partial charge in [-0.3, -0.25) is 14.5 Å². The number of benzene rings is 1. The van der Waals surface area contributed by atoms with Crippen LogP contribution in [0.15, 0.2) is 24.3 Å². The van der Waals surface area contributed by atoms with Crippen molar-refractivity contribution in [3.8, 4) is 0 Å². The minimum Gasteiger partial charge on any atom is -0.395 e. The van der Waals surface area contributed by atoms with Gasteiger partial charge in [-0.1, -0.05) is 0 Å². The Morgan fingerprint density at radius 2 is 1.71 bits per heavy atom. The van der Waals surface area contributed by atoms with Gasteiger partial charge in [0.05, 0.1) is 6.61 Å². The molecule has 21 heavy (non-hydrogen) atoms. The van der Waals surface area contributed by atoms with Crippen LogP contribution < -0.4 is 5.73 Å². The maximum atomic E-state index is 12.4. The molecule has 2 amide bonds. The lowest BCUT2D eigenvalue weighted by Crippen LogP contribution is -2.35. The van der Waals surface area contributed by atoms with E-state index in [1.54, 1.807) is 24.3 Å². The molecule has 2 rings (SSSR count). The first-order valence-corrected chi connectivity index (χ1v) is 7.14.